The summed E-state index contributed by atoms with van der Waals surface area (Å²) in [6.07, 6.45) is 0.894. The van der Waals surface area contributed by atoms with E-state index in [-0.39, 0.29) is 18.1 Å². The first-order chi connectivity index (χ1) is 9.56. The fraction of sp³-hybridized carbons (Fsp3) is 0.429. The third-order valence-electron chi connectivity index (χ3n) is 3.97. The topological polar surface area (TPSA) is 75.6 Å². The average Bonchev–Trinajstić information content (AvgIpc) is 3.01. The van der Waals surface area contributed by atoms with Gasteiger partial charge in [-0.15, -0.1) is 0 Å². The zero-order chi connectivity index (χ0) is 14.3. The number of hydrogen-bond acceptors (Lipinski definition) is 3. The Balaban J connectivity index is 1.76. The van der Waals surface area contributed by atoms with E-state index in [4.69, 9.17) is 4.74 Å². The van der Waals surface area contributed by atoms with Gasteiger partial charge in [0.1, 0.15) is 0 Å². The molecule has 0 unspecified atom stereocenters. The van der Waals surface area contributed by atoms with Crippen molar-refractivity contribution in [3.63, 3.8) is 0 Å². The monoisotopic (exact) mass is 339 g/mol. The van der Waals surface area contributed by atoms with Crippen LogP contribution in [0.3, 0.4) is 0 Å². The molecule has 6 heteroatoms. The number of carbonyl (C=O) groups excluding carboxylic acids is 1. The SMILES string of the molecule is O=C(Nc1ccc(Br)cc1)[C@@H]1[C@H](C(=O)O)[C@H]2CC[C@@H]1O2. The first-order valence-electron chi connectivity index (χ1n) is 6.51. The van der Waals surface area contributed by atoms with E-state index in [2.05, 4.69) is 21.2 Å². The van der Waals surface area contributed by atoms with Crippen molar-refractivity contribution in [3.8, 4) is 0 Å². The van der Waals surface area contributed by atoms with Crippen molar-refractivity contribution < 1.29 is 19.4 Å². The highest BCUT2D eigenvalue weighted by Crippen LogP contribution is 2.44. The maximum Gasteiger partial charge on any atom is 0.310 e. The quantitative estimate of drug-likeness (QED) is 0.885. The van der Waals surface area contributed by atoms with Gasteiger partial charge in [-0.2, -0.15) is 0 Å². The highest BCUT2D eigenvalue weighted by atomic mass is 79.9. The van der Waals surface area contributed by atoms with Crippen LogP contribution < -0.4 is 5.32 Å². The second-order valence-corrected chi connectivity index (χ2v) is 6.09. The van der Waals surface area contributed by atoms with Gasteiger partial charge in [-0.25, -0.2) is 0 Å². The molecule has 0 spiro atoms. The summed E-state index contributed by atoms with van der Waals surface area (Å²) in [7, 11) is 0. The lowest BCUT2D eigenvalue weighted by Gasteiger charge is -2.23. The second-order valence-electron chi connectivity index (χ2n) is 5.18. The Bertz CT molecular complexity index is 545. The normalized spacial score (nSPS) is 31.2. The number of benzene rings is 1. The largest absolute Gasteiger partial charge is 0.481 e. The molecule has 5 nitrogen and oxygen atoms in total. The van der Waals surface area contributed by atoms with Crippen LogP contribution in [0.1, 0.15) is 12.8 Å². The molecule has 0 aliphatic carbocycles. The molecule has 2 aliphatic heterocycles. The van der Waals surface area contributed by atoms with Gasteiger partial charge in [-0.1, -0.05) is 15.9 Å². The molecule has 2 bridgehead atoms. The highest BCUT2D eigenvalue weighted by molar-refractivity contribution is 9.10. The van der Waals surface area contributed by atoms with E-state index in [1.165, 1.54) is 0 Å². The number of ether oxygens (including phenoxy) is 1. The van der Waals surface area contributed by atoms with Crippen molar-refractivity contribution in [2.45, 2.75) is 25.0 Å². The van der Waals surface area contributed by atoms with Crippen LogP contribution in [0.4, 0.5) is 5.69 Å². The van der Waals surface area contributed by atoms with E-state index >= 15 is 0 Å². The Morgan fingerprint density at radius 2 is 1.75 bits per heavy atom. The zero-order valence-corrected chi connectivity index (χ0v) is 12.2. The number of anilines is 1. The predicted octanol–water partition coefficient (Wildman–Crippen LogP) is 2.27. The van der Waals surface area contributed by atoms with Crippen molar-refractivity contribution in [1.82, 2.24) is 0 Å². The van der Waals surface area contributed by atoms with Crippen LogP contribution in [0, 0.1) is 11.8 Å². The summed E-state index contributed by atoms with van der Waals surface area (Å²) < 4.78 is 6.51. The maximum atomic E-state index is 12.3. The first kappa shape index (κ1) is 13.6. The molecule has 2 fully saturated rings. The summed E-state index contributed by atoms with van der Waals surface area (Å²) in [5, 5.41) is 12.1. The highest BCUT2D eigenvalue weighted by Gasteiger charge is 2.55. The summed E-state index contributed by atoms with van der Waals surface area (Å²) >= 11 is 3.32. The van der Waals surface area contributed by atoms with Gasteiger partial charge in [0.15, 0.2) is 0 Å². The molecule has 1 aromatic rings. The van der Waals surface area contributed by atoms with Crippen molar-refractivity contribution in [1.29, 1.82) is 0 Å². The molecule has 1 aromatic carbocycles. The lowest BCUT2D eigenvalue weighted by atomic mass is 9.78. The van der Waals surface area contributed by atoms with E-state index in [1.54, 1.807) is 12.1 Å². The number of aliphatic carboxylic acids is 1. The fourth-order valence-corrected chi connectivity index (χ4v) is 3.35. The van der Waals surface area contributed by atoms with Crippen molar-refractivity contribution in [2.24, 2.45) is 11.8 Å². The van der Waals surface area contributed by atoms with Gasteiger partial charge in [0, 0.05) is 10.2 Å². The third-order valence-corrected chi connectivity index (χ3v) is 4.50. The molecule has 0 saturated carbocycles. The van der Waals surface area contributed by atoms with Crippen molar-refractivity contribution in [2.75, 3.05) is 5.32 Å². The first-order valence-corrected chi connectivity index (χ1v) is 7.30. The molecule has 20 heavy (non-hydrogen) atoms. The molecule has 2 aliphatic rings. The van der Waals surface area contributed by atoms with Gasteiger partial charge < -0.3 is 15.2 Å². The molecule has 106 valence electrons. The molecule has 2 saturated heterocycles. The van der Waals surface area contributed by atoms with Gasteiger partial charge in [-0.3, -0.25) is 9.59 Å². The van der Waals surface area contributed by atoms with Crippen molar-refractivity contribution >= 4 is 33.5 Å². The van der Waals surface area contributed by atoms with Crippen LogP contribution in [0.25, 0.3) is 0 Å². The van der Waals surface area contributed by atoms with Crippen molar-refractivity contribution in [3.05, 3.63) is 28.7 Å². The van der Waals surface area contributed by atoms with Gasteiger partial charge in [0.05, 0.1) is 24.0 Å². The Labute approximate surface area is 124 Å². The van der Waals surface area contributed by atoms with E-state index in [0.29, 0.717) is 5.69 Å². The van der Waals surface area contributed by atoms with Crippen LogP contribution in [0.5, 0.6) is 0 Å². The molecule has 2 heterocycles. The molecule has 0 aromatic heterocycles. The Morgan fingerprint density at radius 1 is 1.15 bits per heavy atom. The molecule has 3 rings (SSSR count). The second kappa shape index (κ2) is 5.18. The van der Waals surface area contributed by atoms with Crippen LogP contribution in [-0.4, -0.2) is 29.2 Å². The van der Waals surface area contributed by atoms with Crippen LogP contribution in [0.2, 0.25) is 0 Å². The molecule has 4 atom stereocenters. The number of halogens is 1. The van der Waals surface area contributed by atoms with E-state index in [9.17, 15) is 14.7 Å². The minimum absolute atomic E-state index is 0.267. The lowest BCUT2D eigenvalue weighted by molar-refractivity contribution is -0.147. The predicted molar refractivity (Wildman–Crippen MR) is 75.3 cm³/mol. The van der Waals surface area contributed by atoms with E-state index in [1.807, 2.05) is 12.1 Å². The number of hydrogen-bond donors (Lipinski definition) is 2. The number of carboxylic acids is 1. The van der Waals surface area contributed by atoms with Crippen LogP contribution in [0.15, 0.2) is 28.7 Å². The number of carboxylic acid groups (broad SMARTS) is 1. The number of carbonyl (C=O) groups is 2. The standard InChI is InChI=1S/C14H14BrNO4/c15-7-1-3-8(4-2-7)16-13(17)11-9-5-6-10(20-9)12(11)14(18)19/h1-4,9-12H,5-6H2,(H,16,17)(H,18,19)/t9-,10+,11-,12+/m0/s1. The smallest absolute Gasteiger partial charge is 0.310 e. The Kier molecular flexibility index (Phi) is 3.52. The van der Waals surface area contributed by atoms with Crippen LogP contribution in [-0.2, 0) is 14.3 Å². The summed E-state index contributed by atoms with van der Waals surface area (Å²) in [6.45, 7) is 0. The van der Waals surface area contributed by atoms with Gasteiger partial charge in [0.2, 0.25) is 5.91 Å². The molecular weight excluding hydrogens is 326 g/mol. The number of amides is 1. The van der Waals surface area contributed by atoms with Crippen LogP contribution >= 0.6 is 15.9 Å². The Hall–Kier alpha value is -1.40. The number of rotatable bonds is 3. The lowest BCUT2D eigenvalue weighted by Crippen LogP contribution is -2.40. The molecular formula is C14H14BrNO4. The number of nitrogens with one attached hydrogen (secondary N) is 1. The summed E-state index contributed by atoms with van der Waals surface area (Å²) in [6, 6.07) is 7.18. The third kappa shape index (κ3) is 2.33. The van der Waals surface area contributed by atoms with Gasteiger partial charge in [0.25, 0.3) is 0 Å². The minimum atomic E-state index is -0.951. The summed E-state index contributed by atoms with van der Waals surface area (Å²) in [4.78, 5) is 23.7. The van der Waals surface area contributed by atoms with Gasteiger partial charge >= 0.3 is 5.97 Å². The average molecular weight is 340 g/mol. The van der Waals surface area contributed by atoms with E-state index < -0.39 is 17.8 Å². The molecule has 2 N–H and O–H groups in total. The Morgan fingerprint density at radius 3 is 2.35 bits per heavy atom. The molecule has 1 amide bonds. The fourth-order valence-electron chi connectivity index (χ4n) is 3.08. The molecule has 0 radical (unpaired) electrons. The summed E-state index contributed by atoms with van der Waals surface area (Å²) in [5.74, 6) is -2.56. The number of fused-ring (bicyclic) bond motifs is 2. The maximum absolute atomic E-state index is 12.3. The minimum Gasteiger partial charge on any atom is -0.481 e. The zero-order valence-electron chi connectivity index (χ0n) is 10.6. The van der Waals surface area contributed by atoms with E-state index in [0.717, 1.165) is 17.3 Å². The van der Waals surface area contributed by atoms with Gasteiger partial charge in [-0.05, 0) is 37.1 Å². The summed E-state index contributed by atoms with van der Waals surface area (Å²) in [5.41, 5.74) is 0.658.